The highest BCUT2D eigenvalue weighted by molar-refractivity contribution is 9.10. The highest BCUT2D eigenvalue weighted by Gasteiger charge is 2.13. The van der Waals surface area contributed by atoms with E-state index >= 15 is 0 Å². The Hall–Kier alpha value is -1.88. The van der Waals surface area contributed by atoms with Gasteiger partial charge < -0.3 is 10.1 Å². The molecule has 21 heavy (non-hydrogen) atoms. The molecule has 0 heterocycles. The molecule has 3 nitrogen and oxygen atoms in total. The number of nitrogens with one attached hydrogen (secondary N) is 1. The van der Waals surface area contributed by atoms with Gasteiger partial charge in [-0.15, -0.1) is 0 Å². The molecule has 0 bridgehead atoms. The van der Waals surface area contributed by atoms with Gasteiger partial charge in [0, 0.05) is 16.6 Å². The molecule has 2 aromatic carbocycles. The number of methoxy groups -OCH3 is 1. The Bertz CT molecular complexity index is 673. The van der Waals surface area contributed by atoms with Gasteiger partial charge in [0.1, 0.15) is 11.6 Å². The van der Waals surface area contributed by atoms with Crippen molar-refractivity contribution in [2.24, 2.45) is 0 Å². The zero-order valence-electron chi connectivity index (χ0n) is 11.7. The zero-order valence-corrected chi connectivity index (χ0v) is 13.3. The Morgan fingerprint density at radius 2 is 2.05 bits per heavy atom. The Morgan fingerprint density at radius 1 is 1.29 bits per heavy atom. The van der Waals surface area contributed by atoms with Gasteiger partial charge in [-0.3, -0.25) is 4.79 Å². The predicted octanol–water partition coefficient (Wildman–Crippen LogP) is 3.84. The van der Waals surface area contributed by atoms with Crippen molar-refractivity contribution in [1.29, 1.82) is 0 Å². The van der Waals surface area contributed by atoms with E-state index in [9.17, 15) is 9.18 Å². The number of hydrogen-bond donors (Lipinski definition) is 1. The van der Waals surface area contributed by atoms with Crippen LogP contribution in [0.1, 0.15) is 21.5 Å². The molecule has 0 spiro atoms. The molecule has 0 aliphatic carbocycles. The summed E-state index contributed by atoms with van der Waals surface area (Å²) in [5.41, 5.74) is 1.82. The molecule has 2 aromatic rings. The Morgan fingerprint density at radius 3 is 2.71 bits per heavy atom. The standard InChI is InChI=1S/C16H15BrFNO2/c1-10-3-6-15(21-2)13(7-10)16(20)19-9-11-4-5-12(17)8-14(11)18/h3-8H,9H2,1-2H3,(H,19,20). The maximum atomic E-state index is 13.7. The fourth-order valence-electron chi connectivity index (χ4n) is 1.94. The van der Waals surface area contributed by atoms with Crippen molar-refractivity contribution in [1.82, 2.24) is 5.32 Å². The maximum absolute atomic E-state index is 13.7. The van der Waals surface area contributed by atoms with Crippen LogP contribution in [0.25, 0.3) is 0 Å². The van der Waals surface area contributed by atoms with Crippen molar-refractivity contribution in [2.75, 3.05) is 7.11 Å². The first-order chi connectivity index (χ1) is 10.0. The quantitative estimate of drug-likeness (QED) is 0.908. The third-order valence-corrected chi connectivity index (χ3v) is 3.55. The minimum Gasteiger partial charge on any atom is -0.496 e. The Labute approximate surface area is 131 Å². The molecule has 1 amide bonds. The summed E-state index contributed by atoms with van der Waals surface area (Å²) in [6.45, 7) is 2.01. The molecule has 110 valence electrons. The number of rotatable bonds is 4. The van der Waals surface area contributed by atoms with Crippen LogP contribution in [0.3, 0.4) is 0 Å². The number of carbonyl (C=O) groups is 1. The normalized spacial score (nSPS) is 10.3. The molecular formula is C16H15BrFNO2. The smallest absolute Gasteiger partial charge is 0.255 e. The summed E-state index contributed by atoms with van der Waals surface area (Å²) in [5.74, 6) is -0.159. The lowest BCUT2D eigenvalue weighted by Crippen LogP contribution is -2.24. The molecule has 0 aliphatic heterocycles. The summed E-state index contributed by atoms with van der Waals surface area (Å²) in [5, 5.41) is 2.70. The van der Waals surface area contributed by atoms with E-state index in [0.29, 0.717) is 21.3 Å². The maximum Gasteiger partial charge on any atom is 0.255 e. The second kappa shape index (κ2) is 6.72. The number of amides is 1. The van der Waals surface area contributed by atoms with Crippen LogP contribution in [0.2, 0.25) is 0 Å². The summed E-state index contributed by atoms with van der Waals surface area (Å²) in [7, 11) is 1.51. The van der Waals surface area contributed by atoms with E-state index in [-0.39, 0.29) is 18.3 Å². The number of halogens is 2. The van der Waals surface area contributed by atoms with Crippen molar-refractivity contribution < 1.29 is 13.9 Å². The van der Waals surface area contributed by atoms with Crippen LogP contribution >= 0.6 is 15.9 Å². The molecule has 0 saturated heterocycles. The predicted molar refractivity (Wildman–Crippen MR) is 83.0 cm³/mol. The van der Waals surface area contributed by atoms with Gasteiger partial charge in [0.2, 0.25) is 0 Å². The van der Waals surface area contributed by atoms with Gasteiger partial charge in [-0.1, -0.05) is 33.6 Å². The molecule has 1 N–H and O–H groups in total. The molecule has 0 aromatic heterocycles. The number of hydrogen-bond acceptors (Lipinski definition) is 2. The fraction of sp³-hybridized carbons (Fsp3) is 0.188. The molecule has 0 aliphatic rings. The van der Waals surface area contributed by atoms with E-state index in [2.05, 4.69) is 21.2 Å². The Balaban J connectivity index is 2.13. The highest BCUT2D eigenvalue weighted by atomic mass is 79.9. The minimum atomic E-state index is -0.360. The van der Waals surface area contributed by atoms with Crippen LogP contribution in [-0.4, -0.2) is 13.0 Å². The first kappa shape index (κ1) is 15.5. The summed E-state index contributed by atoms with van der Waals surface area (Å²) < 4.78 is 19.5. The summed E-state index contributed by atoms with van der Waals surface area (Å²) >= 11 is 3.20. The van der Waals surface area contributed by atoms with Crippen LogP contribution in [0.15, 0.2) is 40.9 Å². The van der Waals surface area contributed by atoms with E-state index in [0.717, 1.165) is 5.56 Å². The van der Waals surface area contributed by atoms with Gasteiger partial charge in [0.15, 0.2) is 0 Å². The van der Waals surface area contributed by atoms with Crippen LogP contribution in [0, 0.1) is 12.7 Å². The number of benzene rings is 2. The van der Waals surface area contributed by atoms with Gasteiger partial charge in [-0.25, -0.2) is 4.39 Å². The molecule has 0 radical (unpaired) electrons. The molecule has 0 fully saturated rings. The van der Waals surface area contributed by atoms with Gasteiger partial charge >= 0.3 is 0 Å². The van der Waals surface area contributed by atoms with E-state index in [1.807, 2.05) is 13.0 Å². The lowest BCUT2D eigenvalue weighted by molar-refractivity contribution is 0.0947. The lowest BCUT2D eigenvalue weighted by atomic mass is 10.1. The minimum absolute atomic E-state index is 0.120. The average Bonchev–Trinajstić information content (AvgIpc) is 2.46. The van der Waals surface area contributed by atoms with Gasteiger partial charge in [0.05, 0.1) is 12.7 Å². The summed E-state index contributed by atoms with van der Waals surface area (Å²) in [6, 6.07) is 10.1. The molecule has 0 atom stereocenters. The van der Waals surface area contributed by atoms with Crippen molar-refractivity contribution in [3.63, 3.8) is 0 Å². The van der Waals surface area contributed by atoms with Crippen LogP contribution in [-0.2, 0) is 6.54 Å². The van der Waals surface area contributed by atoms with Gasteiger partial charge in [0.25, 0.3) is 5.91 Å². The first-order valence-electron chi connectivity index (χ1n) is 6.38. The molecular weight excluding hydrogens is 337 g/mol. The lowest BCUT2D eigenvalue weighted by Gasteiger charge is -2.10. The summed E-state index contributed by atoms with van der Waals surface area (Å²) in [4.78, 5) is 12.2. The highest BCUT2D eigenvalue weighted by Crippen LogP contribution is 2.20. The first-order valence-corrected chi connectivity index (χ1v) is 7.17. The van der Waals surface area contributed by atoms with E-state index in [1.165, 1.54) is 13.2 Å². The SMILES string of the molecule is COc1ccc(C)cc1C(=O)NCc1ccc(Br)cc1F. The largest absolute Gasteiger partial charge is 0.496 e. The van der Waals surface area contributed by atoms with Crippen molar-refractivity contribution in [3.8, 4) is 5.75 Å². The van der Waals surface area contributed by atoms with Gasteiger partial charge in [-0.2, -0.15) is 0 Å². The average molecular weight is 352 g/mol. The van der Waals surface area contributed by atoms with E-state index in [1.54, 1.807) is 24.3 Å². The second-order valence-electron chi connectivity index (χ2n) is 4.62. The van der Waals surface area contributed by atoms with Crippen LogP contribution in [0.5, 0.6) is 5.75 Å². The van der Waals surface area contributed by atoms with Crippen molar-refractivity contribution in [2.45, 2.75) is 13.5 Å². The third kappa shape index (κ3) is 3.82. The van der Waals surface area contributed by atoms with Crippen molar-refractivity contribution in [3.05, 3.63) is 63.4 Å². The van der Waals surface area contributed by atoms with E-state index in [4.69, 9.17) is 4.74 Å². The molecule has 5 heteroatoms. The fourth-order valence-corrected chi connectivity index (χ4v) is 2.27. The molecule has 0 saturated carbocycles. The van der Waals surface area contributed by atoms with Crippen LogP contribution in [0.4, 0.5) is 4.39 Å². The second-order valence-corrected chi connectivity index (χ2v) is 5.54. The van der Waals surface area contributed by atoms with E-state index < -0.39 is 0 Å². The zero-order chi connectivity index (χ0) is 15.4. The third-order valence-electron chi connectivity index (χ3n) is 3.05. The number of carbonyl (C=O) groups excluding carboxylic acids is 1. The van der Waals surface area contributed by atoms with Crippen molar-refractivity contribution >= 4 is 21.8 Å². The Kier molecular flexibility index (Phi) is 4.96. The monoisotopic (exact) mass is 351 g/mol. The number of ether oxygens (including phenoxy) is 1. The molecule has 0 unspecified atom stereocenters. The topological polar surface area (TPSA) is 38.3 Å². The van der Waals surface area contributed by atoms with Gasteiger partial charge in [-0.05, 0) is 31.2 Å². The summed E-state index contributed by atoms with van der Waals surface area (Å²) in [6.07, 6.45) is 0. The van der Waals surface area contributed by atoms with Crippen LogP contribution < -0.4 is 10.1 Å². The molecule has 2 rings (SSSR count). The number of aryl methyl sites for hydroxylation is 1.